The van der Waals surface area contributed by atoms with Crippen molar-refractivity contribution in [2.24, 2.45) is 0 Å². The molecule has 144 valence electrons. The number of methoxy groups -OCH3 is 1. The Balaban J connectivity index is 1.88. The first kappa shape index (κ1) is 19.1. The maximum atomic E-state index is 14.4. The number of carbonyl (C=O) groups is 1. The first-order valence-corrected chi connectivity index (χ1v) is 8.69. The lowest BCUT2D eigenvalue weighted by molar-refractivity contribution is -0.165. The van der Waals surface area contributed by atoms with Gasteiger partial charge in [0, 0.05) is 24.8 Å². The van der Waals surface area contributed by atoms with Crippen LogP contribution >= 0.6 is 0 Å². The normalized spacial score (nSPS) is 19.0. The van der Waals surface area contributed by atoms with Crippen LogP contribution in [-0.2, 0) is 9.53 Å². The molecule has 3 rings (SSSR count). The van der Waals surface area contributed by atoms with Crippen LogP contribution in [0.25, 0.3) is 0 Å². The molecule has 0 bridgehead atoms. The van der Waals surface area contributed by atoms with Gasteiger partial charge in [0.15, 0.2) is 11.5 Å². The average molecular weight is 377 g/mol. The molecule has 0 spiro atoms. The molecule has 1 aliphatic rings. The topological polar surface area (TPSA) is 48.0 Å². The average Bonchev–Trinajstić information content (AvgIpc) is 2.67. The highest BCUT2D eigenvalue weighted by Gasteiger charge is 2.51. The monoisotopic (exact) mass is 377 g/mol. The van der Waals surface area contributed by atoms with E-state index in [1.54, 1.807) is 24.3 Å². The van der Waals surface area contributed by atoms with Gasteiger partial charge in [-0.1, -0.05) is 18.2 Å². The Morgan fingerprint density at radius 1 is 1.11 bits per heavy atom. The molecule has 2 atom stereocenters. The minimum absolute atomic E-state index is 0.201. The van der Waals surface area contributed by atoms with Crippen LogP contribution in [0.3, 0.4) is 0 Å². The summed E-state index contributed by atoms with van der Waals surface area (Å²) in [5.74, 6) is -0.825. The van der Waals surface area contributed by atoms with Gasteiger partial charge in [0.2, 0.25) is 6.10 Å². The fourth-order valence-electron chi connectivity index (χ4n) is 3.11. The van der Waals surface area contributed by atoms with Crippen molar-refractivity contribution in [2.75, 3.05) is 26.9 Å². The maximum Gasteiger partial charge on any atom is 0.266 e. The van der Waals surface area contributed by atoms with E-state index in [4.69, 9.17) is 14.2 Å². The Bertz CT molecular complexity index is 814. The summed E-state index contributed by atoms with van der Waals surface area (Å²) in [5.41, 5.74) is 0.201. The summed E-state index contributed by atoms with van der Waals surface area (Å²) in [6.45, 7) is 2.98. The molecule has 7 heteroatoms. The molecule has 27 heavy (non-hydrogen) atoms. The molecule has 1 saturated heterocycles. The molecule has 1 amide bonds. The molecule has 0 aromatic heterocycles. The van der Waals surface area contributed by atoms with Crippen LogP contribution < -0.4 is 9.47 Å². The van der Waals surface area contributed by atoms with E-state index in [0.717, 1.165) is 6.07 Å². The quantitative estimate of drug-likeness (QED) is 0.523. The van der Waals surface area contributed by atoms with Crippen molar-refractivity contribution in [1.29, 1.82) is 0 Å². The smallest absolute Gasteiger partial charge is 0.266 e. The Labute approximate surface area is 156 Å². The van der Waals surface area contributed by atoms with Crippen molar-refractivity contribution in [3.63, 3.8) is 0 Å². The summed E-state index contributed by atoms with van der Waals surface area (Å²) in [4.78, 5) is 14.1. The predicted octanol–water partition coefficient (Wildman–Crippen LogP) is 3.34. The molecular formula is C20H21F2NO4. The van der Waals surface area contributed by atoms with Gasteiger partial charge in [-0.25, -0.2) is 8.78 Å². The summed E-state index contributed by atoms with van der Waals surface area (Å²) in [7, 11) is 1.50. The van der Waals surface area contributed by atoms with E-state index in [0.29, 0.717) is 31.3 Å². The molecule has 1 aliphatic heterocycles. The zero-order valence-electron chi connectivity index (χ0n) is 15.2. The second-order valence-corrected chi connectivity index (χ2v) is 6.03. The van der Waals surface area contributed by atoms with Gasteiger partial charge >= 0.3 is 0 Å². The molecule has 1 fully saturated rings. The molecule has 1 heterocycles. The molecule has 2 aromatic rings. The van der Waals surface area contributed by atoms with Crippen molar-refractivity contribution < 1.29 is 27.8 Å². The van der Waals surface area contributed by atoms with E-state index in [1.165, 1.54) is 24.1 Å². The van der Waals surface area contributed by atoms with Gasteiger partial charge in [0.25, 0.3) is 5.91 Å². The number of halogens is 2. The minimum Gasteiger partial charge on any atom is -0.493 e. The van der Waals surface area contributed by atoms with E-state index in [9.17, 15) is 13.6 Å². The van der Waals surface area contributed by atoms with Crippen molar-refractivity contribution in [3.8, 4) is 11.5 Å². The Morgan fingerprint density at radius 3 is 2.52 bits per heavy atom. The lowest BCUT2D eigenvalue weighted by Crippen LogP contribution is -2.62. The van der Waals surface area contributed by atoms with Gasteiger partial charge in [-0.2, -0.15) is 0 Å². The van der Waals surface area contributed by atoms with E-state index in [2.05, 4.69) is 0 Å². The number of likely N-dealkylation sites (tertiary alicyclic amines) is 1. The number of β-lactam (4-membered cyclic amide) rings is 1. The van der Waals surface area contributed by atoms with E-state index >= 15 is 0 Å². The van der Waals surface area contributed by atoms with Gasteiger partial charge in [-0.3, -0.25) is 4.79 Å². The van der Waals surface area contributed by atoms with Crippen LogP contribution in [0, 0.1) is 11.6 Å². The van der Waals surface area contributed by atoms with E-state index in [1.807, 2.05) is 6.92 Å². The summed E-state index contributed by atoms with van der Waals surface area (Å²) in [6.07, 6.45) is -0.928. The fraction of sp³-hybridized carbons (Fsp3) is 0.350. The molecule has 0 unspecified atom stereocenters. The van der Waals surface area contributed by atoms with Crippen LogP contribution in [0.4, 0.5) is 8.78 Å². The van der Waals surface area contributed by atoms with E-state index < -0.39 is 23.8 Å². The third kappa shape index (κ3) is 3.88. The highest BCUT2D eigenvalue weighted by molar-refractivity contribution is 5.89. The second kappa shape index (κ2) is 8.35. The molecular weight excluding hydrogens is 356 g/mol. The Kier molecular flexibility index (Phi) is 5.91. The summed E-state index contributed by atoms with van der Waals surface area (Å²) in [5, 5.41) is 0. The highest BCUT2D eigenvalue weighted by atomic mass is 19.1. The van der Waals surface area contributed by atoms with Crippen molar-refractivity contribution in [2.45, 2.75) is 19.1 Å². The molecule has 0 N–H and O–H groups in total. The van der Waals surface area contributed by atoms with Gasteiger partial charge in [-0.15, -0.1) is 0 Å². The molecule has 0 radical (unpaired) electrons. The van der Waals surface area contributed by atoms with Crippen molar-refractivity contribution in [3.05, 3.63) is 59.7 Å². The van der Waals surface area contributed by atoms with Gasteiger partial charge in [0.1, 0.15) is 17.7 Å². The SMILES string of the molecule is CCOCCN1C(=O)[C@@H](Oc2ccccc2OC)[C@@H]1c1ccc(F)cc1F. The number of hydrogen-bond acceptors (Lipinski definition) is 4. The number of para-hydroxylation sites is 2. The van der Waals surface area contributed by atoms with Crippen LogP contribution in [0.1, 0.15) is 18.5 Å². The first-order chi connectivity index (χ1) is 13.1. The highest BCUT2D eigenvalue weighted by Crippen LogP contribution is 2.40. The summed E-state index contributed by atoms with van der Waals surface area (Å²) >= 11 is 0. The predicted molar refractivity (Wildman–Crippen MR) is 94.7 cm³/mol. The summed E-state index contributed by atoms with van der Waals surface area (Å²) < 4.78 is 44.1. The second-order valence-electron chi connectivity index (χ2n) is 6.03. The van der Waals surface area contributed by atoms with Crippen LogP contribution in [-0.4, -0.2) is 43.8 Å². The van der Waals surface area contributed by atoms with Gasteiger partial charge < -0.3 is 19.1 Å². The Hall–Kier alpha value is -2.67. The lowest BCUT2D eigenvalue weighted by Gasteiger charge is -2.46. The number of benzene rings is 2. The number of carbonyl (C=O) groups excluding carboxylic acids is 1. The zero-order chi connectivity index (χ0) is 19.4. The number of ether oxygens (including phenoxy) is 3. The summed E-state index contributed by atoms with van der Waals surface area (Å²) in [6, 6.07) is 9.55. The van der Waals surface area contributed by atoms with Crippen LogP contribution in [0.2, 0.25) is 0 Å². The van der Waals surface area contributed by atoms with Gasteiger partial charge in [0.05, 0.1) is 13.7 Å². The molecule has 0 aliphatic carbocycles. The third-order valence-corrected chi connectivity index (χ3v) is 4.43. The molecule has 0 saturated carbocycles. The molecule has 5 nitrogen and oxygen atoms in total. The number of amides is 1. The Morgan fingerprint density at radius 2 is 1.85 bits per heavy atom. The number of rotatable bonds is 8. The van der Waals surface area contributed by atoms with Crippen LogP contribution in [0.15, 0.2) is 42.5 Å². The van der Waals surface area contributed by atoms with E-state index in [-0.39, 0.29) is 11.5 Å². The van der Waals surface area contributed by atoms with Crippen molar-refractivity contribution >= 4 is 5.91 Å². The lowest BCUT2D eigenvalue weighted by atomic mass is 9.90. The largest absolute Gasteiger partial charge is 0.493 e. The zero-order valence-corrected chi connectivity index (χ0v) is 15.2. The van der Waals surface area contributed by atoms with Crippen molar-refractivity contribution in [1.82, 2.24) is 4.90 Å². The standard InChI is InChI=1S/C20H21F2NO4/c1-3-26-11-10-23-18(14-9-8-13(21)12-15(14)22)19(20(23)24)27-17-7-5-4-6-16(17)25-2/h4-9,12,18-19H,3,10-11H2,1-2H3/t18-,19-/m0/s1. The number of nitrogens with zero attached hydrogens (tertiary/aromatic N) is 1. The first-order valence-electron chi connectivity index (χ1n) is 8.69. The molecule has 2 aromatic carbocycles. The fourth-order valence-corrected chi connectivity index (χ4v) is 3.11. The maximum absolute atomic E-state index is 14.4. The van der Waals surface area contributed by atoms with Crippen LogP contribution in [0.5, 0.6) is 11.5 Å². The van der Waals surface area contributed by atoms with Gasteiger partial charge in [-0.05, 0) is 25.1 Å². The third-order valence-electron chi connectivity index (χ3n) is 4.43. The number of hydrogen-bond donors (Lipinski definition) is 0. The minimum atomic E-state index is -0.928.